The number of methoxy groups -OCH3 is 1. The normalized spacial score (nSPS) is 12.2. The van der Waals surface area contributed by atoms with Crippen molar-refractivity contribution in [1.29, 1.82) is 0 Å². The van der Waals surface area contributed by atoms with Gasteiger partial charge in [-0.05, 0) is 42.7 Å². The Kier molecular flexibility index (Phi) is 6.94. The molecule has 1 heterocycles. The van der Waals surface area contributed by atoms with Crippen LogP contribution in [0.15, 0.2) is 36.4 Å². The van der Waals surface area contributed by atoms with Crippen LogP contribution in [-0.2, 0) is 16.0 Å². The zero-order valence-corrected chi connectivity index (χ0v) is 16.7. The SMILES string of the molecule is CCCCc1ccc(NC(=O)COC(=O)c2cc(OC)c3c(c2)OCCO3)cc1. The van der Waals surface area contributed by atoms with Crippen molar-refractivity contribution < 1.29 is 28.5 Å². The fraction of sp³-hybridized carbons (Fsp3) is 0.364. The van der Waals surface area contributed by atoms with E-state index in [9.17, 15) is 9.59 Å². The largest absolute Gasteiger partial charge is 0.493 e. The van der Waals surface area contributed by atoms with E-state index in [4.69, 9.17) is 18.9 Å². The third-order valence-corrected chi connectivity index (χ3v) is 4.45. The van der Waals surface area contributed by atoms with Gasteiger partial charge in [-0.2, -0.15) is 0 Å². The topological polar surface area (TPSA) is 83.1 Å². The van der Waals surface area contributed by atoms with Gasteiger partial charge in [0.1, 0.15) is 13.2 Å². The summed E-state index contributed by atoms with van der Waals surface area (Å²) in [6.07, 6.45) is 3.28. The monoisotopic (exact) mass is 399 g/mol. The molecule has 0 spiro atoms. The Hall–Kier alpha value is -3.22. The predicted octanol–water partition coefficient (Wildman–Crippen LogP) is 3.60. The highest BCUT2D eigenvalue weighted by Crippen LogP contribution is 2.40. The first kappa shape index (κ1) is 20.5. The minimum Gasteiger partial charge on any atom is -0.493 e. The molecule has 154 valence electrons. The molecule has 0 fully saturated rings. The molecule has 1 amide bonds. The Morgan fingerprint density at radius 2 is 1.86 bits per heavy atom. The molecule has 1 aliphatic heterocycles. The number of benzene rings is 2. The summed E-state index contributed by atoms with van der Waals surface area (Å²) in [6, 6.07) is 10.7. The van der Waals surface area contributed by atoms with Crippen LogP contribution in [0.5, 0.6) is 17.2 Å². The molecule has 2 aromatic carbocycles. The molecule has 0 atom stereocenters. The van der Waals surface area contributed by atoms with Crippen molar-refractivity contribution in [2.45, 2.75) is 26.2 Å². The second-order valence-corrected chi connectivity index (χ2v) is 6.63. The first-order chi connectivity index (χ1) is 14.1. The smallest absolute Gasteiger partial charge is 0.338 e. The Bertz CT molecular complexity index is 845. The second-order valence-electron chi connectivity index (χ2n) is 6.63. The average molecular weight is 399 g/mol. The van der Waals surface area contributed by atoms with Gasteiger partial charge in [-0.3, -0.25) is 4.79 Å². The summed E-state index contributed by atoms with van der Waals surface area (Å²) < 4.78 is 21.4. The maximum Gasteiger partial charge on any atom is 0.338 e. The first-order valence-electron chi connectivity index (χ1n) is 9.64. The molecule has 3 rings (SSSR count). The molecule has 0 bridgehead atoms. The van der Waals surface area contributed by atoms with Crippen LogP contribution in [0, 0.1) is 0 Å². The maximum absolute atomic E-state index is 12.3. The number of rotatable bonds is 8. The molecule has 7 nitrogen and oxygen atoms in total. The lowest BCUT2D eigenvalue weighted by Gasteiger charge is -2.21. The summed E-state index contributed by atoms with van der Waals surface area (Å²) in [6.45, 7) is 2.55. The van der Waals surface area contributed by atoms with Crippen LogP contribution in [0.1, 0.15) is 35.7 Å². The van der Waals surface area contributed by atoms with Gasteiger partial charge in [0.15, 0.2) is 18.1 Å². The lowest BCUT2D eigenvalue weighted by molar-refractivity contribution is -0.119. The van der Waals surface area contributed by atoms with Gasteiger partial charge >= 0.3 is 5.97 Å². The van der Waals surface area contributed by atoms with Crippen molar-refractivity contribution in [2.75, 3.05) is 32.2 Å². The van der Waals surface area contributed by atoms with Gasteiger partial charge in [0.25, 0.3) is 5.91 Å². The van der Waals surface area contributed by atoms with Crippen LogP contribution in [0.25, 0.3) is 0 Å². The molecule has 0 aromatic heterocycles. The van der Waals surface area contributed by atoms with Crippen LogP contribution in [0.3, 0.4) is 0 Å². The number of ether oxygens (including phenoxy) is 4. The molecular weight excluding hydrogens is 374 g/mol. The molecule has 0 saturated carbocycles. The Morgan fingerprint density at radius 1 is 1.10 bits per heavy atom. The first-order valence-corrected chi connectivity index (χ1v) is 9.64. The minimum absolute atomic E-state index is 0.221. The second kappa shape index (κ2) is 9.82. The number of esters is 1. The van der Waals surface area contributed by atoms with E-state index >= 15 is 0 Å². The van der Waals surface area contributed by atoms with Gasteiger partial charge in [-0.25, -0.2) is 4.79 Å². The van der Waals surface area contributed by atoms with Gasteiger partial charge in [0, 0.05) is 5.69 Å². The number of aryl methyl sites for hydroxylation is 1. The summed E-state index contributed by atoms with van der Waals surface area (Å²) in [7, 11) is 1.48. The number of carbonyl (C=O) groups is 2. The third-order valence-electron chi connectivity index (χ3n) is 4.45. The quantitative estimate of drug-likeness (QED) is 0.683. The van der Waals surface area contributed by atoms with E-state index in [0.717, 1.165) is 19.3 Å². The molecule has 7 heteroatoms. The van der Waals surface area contributed by atoms with Crippen molar-refractivity contribution in [1.82, 2.24) is 0 Å². The van der Waals surface area contributed by atoms with Crippen LogP contribution in [0.4, 0.5) is 5.69 Å². The van der Waals surface area contributed by atoms with E-state index in [1.165, 1.54) is 24.8 Å². The van der Waals surface area contributed by atoms with E-state index in [1.54, 1.807) is 0 Å². The van der Waals surface area contributed by atoms with E-state index in [-0.39, 0.29) is 5.56 Å². The number of carbonyl (C=O) groups excluding carboxylic acids is 2. The lowest BCUT2D eigenvalue weighted by Crippen LogP contribution is -2.21. The van der Waals surface area contributed by atoms with Gasteiger partial charge in [0.2, 0.25) is 5.75 Å². The minimum atomic E-state index is -0.648. The third kappa shape index (κ3) is 5.40. The average Bonchev–Trinajstić information content (AvgIpc) is 2.76. The van der Waals surface area contributed by atoms with E-state index < -0.39 is 18.5 Å². The number of nitrogens with one attached hydrogen (secondary N) is 1. The summed E-state index contributed by atoms with van der Waals surface area (Å²) in [5.41, 5.74) is 2.11. The number of unbranched alkanes of at least 4 members (excludes halogenated alkanes) is 1. The molecule has 29 heavy (non-hydrogen) atoms. The van der Waals surface area contributed by atoms with E-state index in [2.05, 4.69) is 12.2 Å². The number of hydrogen-bond donors (Lipinski definition) is 1. The highest BCUT2D eigenvalue weighted by Gasteiger charge is 2.22. The molecule has 0 saturated heterocycles. The molecule has 0 aliphatic carbocycles. The molecule has 0 radical (unpaired) electrons. The molecule has 0 unspecified atom stereocenters. The zero-order valence-electron chi connectivity index (χ0n) is 16.7. The standard InChI is InChI=1S/C22H25NO6/c1-3-4-5-15-6-8-17(9-7-15)23-20(24)14-29-22(25)16-12-18(26-2)21-19(13-16)27-10-11-28-21/h6-9,12-13H,3-5,10-11,14H2,1-2H3,(H,23,24). The zero-order chi connectivity index (χ0) is 20.6. The summed E-state index contributed by atoms with van der Waals surface area (Å²) in [5.74, 6) is 0.182. The summed E-state index contributed by atoms with van der Waals surface area (Å²) >= 11 is 0. The van der Waals surface area contributed by atoms with Crippen LogP contribution >= 0.6 is 0 Å². The van der Waals surface area contributed by atoms with E-state index in [0.29, 0.717) is 36.1 Å². The van der Waals surface area contributed by atoms with Gasteiger partial charge in [-0.15, -0.1) is 0 Å². The highest BCUT2D eigenvalue weighted by atomic mass is 16.6. The van der Waals surface area contributed by atoms with Crippen LogP contribution < -0.4 is 19.5 Å². The van der Waals surface area contributed by atoms with Crippen molar-refractivity contribution in [3.05, 3.63) is 47.5 Å². The number of amides is 1. The van der Waals surface area contributed by atoms with Crippen LogP contribution in [-0.4, -0.2) is 38.8 Å². The van der Waals surface area contributed by atoms with Gasteiger partial charge in [-0.1, -0.05) is 25.5 Å². The summed E-state index contributed by atoms with van der Waals surface area (Å²) in [5, 5.41) is 2.72. The van der Waals surface area contributed by atoms with Crippen molar-refractivity contribution in [3.8, 4) is 17.2 Å². The Morgan fingerprint density at radius 3 is 2.59 bits per heavy atom. The maximum atomic E-state index is 12.3. The summed E-state index contributed by atoms with van der Waals surface area (Å²) in [4.78, 5) is 24.4. The lowest BCUT2D eigenvalue weighted by atomic mass is 10.1. The molecule has 2 aromatic rings. The number of anilines is 1. The number of hydrogen-bond acceptors (Lipinski definition) is 6. The Balaban J connectivity index is 1.55. The van der Waals surface area contributed by atoms with Crippen molar-refractivity contribution in [3.63, 3.8) is 0 Å². The van der Waals surface area contributed by atoms with Gasteiger partial charge in [0.05, 0.1) is 12.7 Å². The van der Waals surface area contributed by atoms with Crippen molar-refractivity contribution in [2.24, 2.45) is 0 Å². The van der Waals surface area contributed by atoms with Crippen LogP contribution in [0.2, 0.25) is 0 Å². The fourth-order valence-corrected chi connectivity index (χ4v) is 2.94. The predicted molar refractivity (Wildman–Crippen MR) is 108 cm³/mol. The molecule has 1 N–H and O–H groups in total. The Labute approximate surface area is 169 Å². The highest BCUT2D eigenvalue weighted by molar-refractivity contribution is 5.96. The van der Waals surface area contributed by atoms with Crippen molar-refractivity contribution >= 4 is 17.6 Å². The van der Waals surface area contributed by atoms with E-state index in [1.807, 2.05) is 24.3 Å². The number of fused-ring (bicyclic) bond motifs is 1. The van der Waals surface area contributed by atoms with Gasteiger partial charge < -0.3 is 24.3 Å². The molecule has 1 aliphatic rings. The fourth-order valence-electron chi connectivity index (χ4n) is 2.94. The molecular formula is C22H25NO6.